The molecule has 2 heteroatoms. The highest BCUT2D eigenvalue weighted by Gasteiger charge is 2.55. The first-order valence-electron chi connectivity index (χ1n) is 5.67. The Bertz CT molecular complexity index is 370. The van der Waals surface area contributed by atoms with Gasteiger partial charge in [-0.05, 0) is 48.8 Å². The molecule has 1 nitrogen and oxygen atoms in total. The fraction of sp³-hybridized carbons (Fsp3) is 0.538. The molecule has 0 heterocycles. The van der Waals surface area contributed by atoms with Crippen LogP contribution in [-0.2, 0) is 5.54 Å². The zero-order valence-electron chi connectivity index (χ0n) is 8.80. The predicted octanol–water partition coefficient (Wildman–Crippen LogP) is 2.94. The topological polar surface area (TPSA) is 26.0 Å². The molecule has 1 aromatic rings. The molecule has 2 saturated carbocycles. The van der Waals surface area contributed by atoms with Gasteiger partial charge in [0, 0.05) is 5.54 Å². The highest BCUT2D eigenvalue weighted by atomic mass is 19.1. The smallest absolute Gasteiger partial charge is 0.123 e. The van der Waals surface area contributed by atoms with Crippen LogP contribution in [0.2, 0.25) is 0 Å². The van der Waals surface area contributed by atoms with Gasteiger partial charge in [-0.3, -0.25) is 0 Å². The molecule has 1 spiro atoms. The average molecular weight is 205 g/mol. The Kier molecular flexibility index (Phi) is 1.76. The van der Waals surface area contributed by atoms with Gasteiger partial charge in [0.05, 0.1) is 0 Å². The van der Waals surface area contributed by atoms with Gasteiger partial charge in [0.15, 0.2) is 0 Å². The Morgan fingerprint density at radius 2 is 1.67 bits per heavy atom. The summed E-state index contributed by atoms with van der Waals surface area (Å²) < 4.78 is 12.8. The molecule has 0 atom stereocenters. The van der Waals surface area contributed by atoms with Crippen molar-refractivity contribution in [3.63, 3.8) is 0 Å². The van der Waals surface area contributed by atoms with Crippen molar-refractivity contribution in [1.29, 1.82) is 0 Å². The normalized spacial score (nSPS) is 25.7. The molecule has 0 aromatic heterocycles. The van der Waals surface area contributed by atoms with E-state index in [0.29, 0.717) is 5.41 Å². The molecule has 0 aliphatic heterocycles. The second kappa shape index (κ2) is 2.82. The van der Waals surface area contributed by atoms with Gasteiger partial charge >= 0.3 is 0 Å². The molecule has 2 aliphatic carbocycles. The summed E-state index contributed by atoms with van der Waals surface area (Å²) in [4.78, 5) is 0. The van der Waals surface area contributed by atoms with Crippen molar-refractivity contribution in [2.75, 3.05) is 0 Å². The number of halogens is 1. The van der Waals surface area contributed by atoms with Gasteiger partial charge in [-0.25, -0.2) is 4.39 Å². The second-order valence-corrected chi connectivity index (χ2v) is 5.37. The SMILES string of the molecule is NC1(c2ccc(F)cc2)CC2(CCC2)C1. The van der Waals surface area contributed by atoms with Crippen molar-refractivity contribution in [1.82, 2.24) is 0 Å². The molecule has 0 unspecified atom stereocenters. The van der Waals surface area contributed by atoms with E-state index in [9.17, 15) is 4.39 Å². The lowest BCUT2D eigenvalue weighted by Gasteiger charge is -2.60. The van der Waals surface area contributed by atoms with Crippen molar-refractivity contribution >= 4 is 0 Å². The first kappa shape index (κ1) is 9.34. The summed E-state index contributed by atoms with van der Waals surface area (Å²) in [7, 11) is 0. The lowest BCUT2D eigenvalue weighted by molar-refractivity contribution is -0.0462. The summed E-state index contributed by atoms with van der Waals surface area (Å²) in [5.74, 6) is -0.181. The monoisotopic (exact) mass is 205 g/mol. The van der Waals surface area contributed by atoms with Crippen LogP contribution in [0.4, 0.5) is 4.39 Å². The van der Waals surface area contributed by atoms with E-state index in [1.807, 2.05) is 12.1 Å². The molecule has 1 aromatic carbocycles. The number of hydrogen-bond acceptors (Lipinski definition) is 1. The summed E-state index contributed by atoms with van der Waals surface area (Å²) in [5.41, 5.74) is 7.82. The summed E-state index contributed by atoms with van der Waals surface area (Å²) in [6.07, 6.45) is 6.22. The zero-order chi connectivity index (χ0) is 10.5. The van der Waals surface area contributed by atoms with Gasteiger partial charge in [-0.2, -0.15) is 0 Å². The van der Waals surface area contributed by atoms with E-state index in [0.717, 1.165) is 18.4 Å². The Labute approximate surface area is 89.5 Å². The van der Waals surface area contributed by atoms with Crippen molar-refractivity contribution < 1.29 is 4.39 Å². The Hall–Kier alpha value is -0.890. The van der Waals surface area contributed by atoms with E-state index in [-0.39, 0.29) is 11.4 Å². The molecule has 0 bridgehead atoms. The van der Waals surface area contributed by atoms with Crippen LogP contribution < -0.4 is 5.73 Å². The summed E-state index contributed by atoms with van der Waals surface area (Å²) in [5, 5.41) is 0. The van der Waals surface area contributed by atoms with Crippen LogP contribution in [0.5, 0.6) is 0 Å². The third-order valence-corrected chi connectivity index (χ3v) is 4.21. The molecule has 2 fully saturated rings. The summed E-state index contributed by atoms with van der Waals surface area (Å²) >= 11 is 0. The molecule has 2 aliphatic rings. The number of nitrogens with two attached hydrogens (primary N) is 1. The largest absolute Gasteiger partial charge is 0.321 e. The number of rotatable bonds is 1. The fourth-order valence-electron chi connectivity index (χ4n) is 3.30. The maximum Gasteiger partial charge on any atom is 0.123 e. The second-order valence-electron chi connectivity index (χ2n) is 5.37. The van der Waals surface area contributed by atoms with Crippen molar-refractivity contribution in [2.45, 2.75) is 37.6 Å². The van der Waals surface area contributed by atoms with E-state index in [2.05, 4.69) is 0 Å². The van der Waals surface area contributed by atoms with E-state index < -0.39 is 0 Å². The van der Waals surface area contributed by atoms with Crippen LogP contribution in [-0.4, -0.2) is 0 Å². The minimum absolute atomic E-state index is 0.173. The molecule has 80 valence electrons. The third-order valence-electron chi connectivity index (χ3n) is 4.21. The van der Waals surface area contributed by atoms with Crippen LogP contribution in [0.15, 0.2) is 24.3 Å². The molecular weight excluding hydrogens is 189 g/mol. The first-order valence-corrected chi connectivity index (χ1v) is 5.67. The standard InChI is InChI=1S/C13H16FN/c14-11-4-2-10(3-5-11)13(15)8-12(9-13)6-1-7-12/h2-5H,1,6-9,15H2. The van der Waals surface area contributed by atoms with Crippen LogP contribution in [0, 0.1) is 11.2 Å². The molecule has 0 radical (unpaired) electrons. The Morgan fingerprint density at radius 1 is 1.07 bits per heavy atom. The molecule has 15 heavy (non-hydrogen) atoms. The van der Waals surface area contributed by atoms with Crippen molar-refractivity contribution in [3.8, 4) is 0 Å². The Balaban J connectivity index is 1.80. The Morgan fingerprint density at radius 3 is 2.13 bits per heavy atom. The van der Waals surface area contributed by atoms with Crippen LogP contribution in [0.25, 0.3) is 0 Å². The zero-order valence-corrected chi connectivity index (χ0v) is 8.80. The van der Waals surface area contributed by atoms with Gasteiger partial charge in [0.2, 0.25) is 0 Å². The maximum atomic E-state index is 12.8. The van der Waals surface area contributed by atoms with Gasteiger partial charge in [-0.15, -0.1) is 0 Å². The molecular formula is C13H16FN. The molecule has 0 saturated heterocycles. The maximum absolute atomic E-state index is 12.8. The van der Waals surface area contributed by atoms with Gasteiger partial charge in [0.25, 0.3) is 0 Å². The summed E-state index contributed by atoms with van der Waals surface area (Å²) in [6.45, 7) is 0. The first-order chi connectivity index (χ1) is 7.12. The van der Waals surface area contributed by atoms with Gasteiger partial charge in [-0.1, -0.05) is 18.6 Å². The number of hydrogen-bond donors (Lipinski definition) is 1. The van der Waals surface area contributed by atoms with Crippen LogP contribution >= 0.6 is 0 Å². The quantitative estimate of drug-likeness (QED) is 0.749. The van der Waals surface area contributed by atoms with Crippen LogP contribution in [0.3, 0.4) is 0 Å². The van der Waals surface area contributed by atoms with E-state index in [4.69, 9.17) is 5.73 Å². The highest BCUT2D eigenvalue weighted by molar-refractivity contribution is 5.30. The average Bonchev–Trinajstić information content (AvgIpc) is 2.11. The molecule has 0 amide bonds. The number of benzene rings is 1. The van der Waals surface area contributed by atoms with E-state index in [1.165, 1.54) is 31.4 Å². The minimum Gasteiger partial charge on any atom is -0.321 e. The van der Waals surface area contributed by atoms with E-state index >= 15 is 0 Å². The van der Waals surface area contributed by atoms with Crippen LogP contribution in [0.1, 0.15) is 37.7 Å². The predicted molar refractivity (Wildman–Crippen MR) is 57.8 cm³/mol. The molecule has 2 N–H and O–H groups in total. The lowest BCUT2D eigenvalue weighted by atomic mass is 9.47. The van der Waals surface area contributed by atoms with Gasteiger partial charge in [0.1, 0.15) is 5.82 Å². The fourth-order valence-corrected chi connectivity index (χ4v) is 3.30. The third kappa shape index (κ3) is 1.31. The minimum atomic E-state index is -0.181. The lowest BCUT2D eigenvalue weighted by Crippen LogP contribution is -2.58. The van der Waals surface area contributed by atoms with Crippen molar-refractivity contribution in [3.05, 3.63) is 35.6 Å². The highest BCUT2D eigenvalue weighted by Crippen LogP contribution is 2.62. The van der Waals surface area contributed by atoms with E-state index in [1.54, 1.807) is 0 Å². The van der Waals surface area contributed by atoms with Gasteiger partial charge < -0.3 is 5.73 Å². The molecule has 3 rings (SSSR count). The van der Waals surface area contributed by atoms with Crippen molar-refractivity contribution in [2.24, 2.45) is 11.1 Å². The summed E-state index contributed by atoms with van der Waals surface area (Å²) in [6, 6.07) is 6.69.